The lowest BCUT2D eigenvalue weighted by molar-refractivity contribution is -0.131. The summed E-state index contributed by atoms with van der Waals surface area (Å²) in [5.41, 5.74) is 6.58. The Morgan fingerprint density at radius 3 is 2.50 bits per heavy atom. The van der Waals surface area contributed by atoms with E-state index in [4.69, 9.17) is 10.5 Å². The summed E-state index contributed by atoms with van der Waals surface area (Å²) in [5.74, 6) is -0.442. The molecule has 0 fully saturated rings. The van der Waals surface area contributed by atoms with E-state index in [9.17, 15) is 14.7 Å². The third-order valence-electron chi connectivity index (χ3n) is 3.97. The van der Waals surface area contributed by atoms with Gasteiger partial charge in [0.2, 0.25) is 5.91 Å². The highest BCUT2D eigenvalue weighted by molar-refractivity contribution is 6.00. The van der Waals surface area contributed by atoms with Crippen molar-refractivity contribution in [2.24, 2.45) is 5.92 Å². The van der Waals surface area contributed by atoms with Crippen LogP contribution in [-0.4, -0.2) is 54.7 Å². The molecular weight excluding hydrogens is 310 g/mol. The monoisotopic (exact) mass is 337 g/mol. The molecule has 0 spiro atoms. The quantitative estimate of drug-likeness (QED) is 0.640. The Kier molecular flexibility index (Phi) is 7.03. The highest BCUT2D eigenvalue weighted by atomic mass is 16.5. The molecule has 0 aliphatic carbocycles. The van der Waals surface area contributed by atoms with Crippen LogP contribution in [0.25, 0.3) is 0 Å². The van der Waals surface area contributed by atoms with Crippen molar-refractivity contribution in [3.05, 3.63) is 23.8 Å². The van der Waals surface area contributed by atoms with Gasteiger partial charge in [0.1, 0.15) is 11.9 Å². The number of carbonyl (C=O) groups is 2. The molecule has 1 unspecified atom stereocenters. The van der Waals surface area contributed by atoms with Gasteiger partial charge < -0.3 is 25.8 Å². The topological polar surface area (TPSA) is 105 Å². The summed E-state index contributed by atoms with van der Waals surface area (Å²) in [7, 11) is 3.12. The second kappa shape index (κ2) is 8.54. The molecule has 7 nitrogen and oxygen atoms in total. The summed E-state index contributed by atoms with van der Waals surface area (Å²) in [6.45, 7) is 5.55. The highest BCUT2D eigenvalue weighted by Crippen LogP contribution is 2.25. The number of benzene rings is 1. The van der Waals surface area contributed by atoms with Crippen LogP contribution in [0.5, 0.6) is 5.75 Å². The molecule has 0 aliphatic heterocycles. The predicted molar refractivity (Wildman–Crippen MR) is 92.8 cm³/mol. The minimum atomic E-state index is -1.06. The molecule has 4 N–H and O–H groups in total. The molecular formula is C17H27N3O4. The van der Waals surface area contributed by atoms with Gasteiger partial charge in [0.15, 0.2) is 0 Å². The Balaban J connectivity index is 2.74. The Morgan fingerprint density at radius 1 is 1.33 bits per heavy atom. The average molecular weight is 337 g/mol. The van der Waals surface area contributed by atoms with Gasteiger partial charge in [-0.05, 0) is 25.0 Å². The lowest BCUT2D eigenvalue weighted by Crippen LogP contribution is -2.46. The number of nitrogens with two attached hydrogens (primary N) is 1. The molecule has 0 aromatic heterocycles. The van der Waals surface area contributed by atoms with E-state index >= 15 is 0 Å². The van der Waals surface area contributed by atoms with E-state index in [1.807, 2.05) is 0 Å². The van der Waals surface area contributed by atoms with Gasteiger partial charge in [-0.15, -0.1) is 0 Å². The van der Waals surface area contributed by atoms with Crippen molar-refractivity contribution < 1.29 is 19.4 Å². The molecule has 2 amide bonds. The first kappa shape index (κ1) is 19.8. The maximum Gasteiger partial charge on any atom is 0.256 e. The van der Waals surface area contributed by atoms with E-state index in [2.05, 4.69) is 5.32 Å². The van der Waals surface area contributed by atoms with Gasteiger partial charge in [-0.2, -0.15) is 0 Å². The lowest BCUT2D eigenvalue weighted by atomic mass is 10.1. The Labute approximate surface area is 142 Å². The second-order valence-electron chi connectivity index (χ2n) is 6.12. The summed E-state index contributed by atoms with van der Waals surface area (Å²) in [4.78, 5) is 25.9. The predicted octanol–water partition coefficient (Wildman–Crippen LogP) is 0.871. The molecule has 0 saturated heterocycles. The van der Waals surface area contributed by atoms with E-state index in [1.54, 1.807) is 46.0 Å². The molecule has 0 radical (unpaired) electrons. The van der Waals surface area contributed by atoms with Crippen LogP contribution < -0.4 is 15.8 Å². The van der Waals surface area contributed by atoms with Gasteiger partial charge in [-0.25, -0.2) is 0 Å². The van der Waals surface area contributed by atoms with Crippen LogP contribution in [0.2, 0.25) is 0 Å². The minimum Gasteiger partial charge on any atom is -0.495 e. The Morgan fingerprint density at radius 2 is 1.96 bits per heavy atom. The first-order valence-electron chi connectivity index (χ1n) is 7.86. The minimum absolute atomic E-state index is 0.170. The molecule has 0 bridgehead atoms. The third kappa shape index (κ3) is 4.61. The van der Waals surface area contributed by atoms with Gasteiger partial charge >= 0.3 is 0 Å². The van der Waals surface area contributed by atoms with Crippen LogP contribution in [0.3, 0.4) is 0 Å². The maximum atomic E-state index is 12.6. The summed E-state index contributed by atoms with van der Waals surface area (Å²) in [6.07, 6.45) is -1.06. The molecule has 7 heteroatoms. The molecule has 1 aromatic carbocycles. The van der Waals surface area contributed by atoms with Gasteiger partial charge in [0.05, 0.1) is 18.4 Å². The van der Waals surface area contributed by atoms with Crippen molar-refractivity contribution in [3.8, 4) is 5.75 Å². The summed E-state index contributed by atoms with van der Waals surface area (Å²) in [5, 5.41) is 12.4. The number of nitrogens with one attached hydrogen (secondary N) is 1. The Hall–Kier alpha value is -2.28. The van der Waals surface area contributed by atoms with Crippen molar-refractivity contribution in [2.75, 3.05) is 26.4 Å². The maximum absolute atomic E-state index is 12.6. The fourth-order valence-corrected chi connectivity index (χ4v) is 2.09. The molecule has 2 atom stereocenters. The summed E-state index contributed by atoms with van der Waals surface area (Å²) >= 11 is 0. The van der Waals surface area contributed by atoms with Crippen LogP contribution in [0.4, 0.5) is 5.69 Å². The zero-order valence-electron chi connectivity index (χ0n) is 14.9. The smallest absolute Gasteiger partial charge is 0.256 e. The number of nitrogens with zero attached hydrogens (tertiary/aromatic N) is 1. The van der Waals surface area contributed by atoms with Gasteiger partial charge in [0, 0.05) is 19.6 Å². The van der Waals surface area contributed by atoms with Crippen molar-refractivity contribution in [3.63, 3.8) is 0 Å². The van der Waals surface area contributed by atoms with Crippen molar-refractivity contribution in [1.29, 1.82) is 0 Å². The number of para-hydroxylation sites is 1. The van der Waals surface area contributed by atoms with E-state index in [0.29, 0.717) is 11.3 Å². The summed E-state index contributed by atoms with van der Waals surface area (Å²) in [6, 6.07) is 4.74. The number of nitrogen functional groups attached to an aromatic ring is 1. The van der Waals surface area contributed by atoms with Crippen LogP contribution in [0.1, 0.15) is 31.1 Å². The van der Waals surface area contributed by atoms with Crippen molar-refractivity contribution in [1.82, 2.24) is 10.2 Å². The fourth-order valence-electron chi connectivity index (χ4n) is 2.09. The van der Waals surface area contributed by atoms with Crippen LogP contribution >= 0.6 is 0 Å². The first-order valence-corrected chi connectivity index (χ1v) is 7.86. The van der Waals surface area contributed by atoms with Crippen molar-refractivity contribution in [2.45, 2.75) is 32.9 Å². The van der Waals surface area contributed by atoms with Crippen LogP contribution in [0.15, 0.2) is 18.2 Å². The lowest BCUT2D eigenvalue weighted by Gasteiger charge is -2.26. The van der Waals surface area contributed by atoms with Crippen LogP contribution in [-0.2, 0) is 4.79 Å². The number of carbonyl (C=O) groups excluding carboxylic acids is 2. The molecule has 134 valence electrons. The molecule has 1 rings (SSSR count). The SMILES string of the molecule is COc1cccc(C(=O)N(C)C(C)CNC(=O)[C@H](O)C(C)C)c1N. The first-order chi connectivity index (χ1) is 11.2. The van der Waals surface area contributed by atoms with Gasteiger partial charge in [-0.1, -0.05) is 19.9 Å². The van der Waals surface area contributed by atoms with Gasteiger partial charge in [-0.3, -0.25) is 9.59 Å². The number of hydrogen-bond donors (Lipinski definition) is 3. The number of likely N-dealkylation sites (N-methyl/N-ethyl adjacent to an activating group) is 1. The number of hydrogen-bond acceptors (Lipinski definition) is 5. The van der Waals surface area contributed by atoms with Crippen LogP contribution in [0, 0.1) is 5.92 Å². The largest absolute Gasteiger partial charge is 0.495 e. The fraction of sp³-hybridized carbons (Fsp3) is 0.529. The van der Waals surface area contributed by atoms with E-state index in [1.165, 1.54) is 12.0 Å². The molecule has 1 aromatic rings. The highest BCUT2D eigenvalue weighted by Gasteiger charge is 2.23. The standard InChI is InChI=1S/C17H27N3O4/c1-10(2)15(21)16(22)19-9-11(3)20(4)17(23)12-7-6-8-13(24-5)14(12)18/h6-8,10-11,15,21H,9,18H2,1-5H3,(H,19,22)/t11?,15-/m1/s1. The third-order valence-corrected chi connectivity index (χ3v) is 3.97. The van der Waals surface area contributed by atoms with Crippen molar-refractivity contribution >= 4 is 17.5 Å². The van der Waals surface area contributed by atoms with E-state index in [-0.39, 0.29) is 30.1 Å². The molecule has 24 heavy (non-hydrogen) atoms. The summed E-state index contributed by atoms with van der Waals surface area (Å²) < 4.78 is 5.12. The second-order valence-corrected chi connectivity index (χ2v) is 6.12. The van der Waals surface area contributed by atoms with Gasteiger partial charge in [0.25, 0.3) is 5.91 Å². The number of amides is 2. The molecule has 0 aliphatic rings. The zero-order valence-corrected chi connectivity index (χ0v) is 14.9. The number of anilines is 1. The number of aliphatic hydroxyl groups is 1. The molecule has 0 saturated carbocycles. The number of aliphatic hydroxyl groups excluding tert-OH is 1. The van der Waals surface area contributed by atoms with E-state index in [0.717, 1.165) is 0 Å². The number of rotatable bonds is 7. The number of methoxy groups -OCH3 is 1. The van der Waals surface area contributed by atoms with E-state index < -0.39 is 12.0 Å². The number of ether oxygens (including phenoxy) is 1. The Bertz CT molecular complexity index is 589. The average Bonchev–Trinajstić information content (AvgIpc) is 2.57. The zero-order chi connectivity index (χ0) is 18.4. The molecule has 0 heterocycles. The normalized spacial score (nSPS) is 13.3.